The van der Waals surface area contributed by atoms with E-state index in [1.165, 1.54) is 24.5 Å². The molecule has 1 aliphatic rings. The molecule has 0 aliphatic heterocycles. The molecular formula is C13H20N2O3. The molecule has 2 amide bonds. The van der Waals surface area contributed by atoms with E-state index in [0.29, 0.717) is 6.54 Å². The van der Waals surface area contributed by atoms with E-state index < -0.39 is 5.97 Å². The van der Waals surface area contributed by atoms with Crippen LogP contribution in [-0.4, -0.2) is 30.2 Å². The van der Waals surface area contributed by atoms with Crippen LogP contribution in [0.3, 0.4) is 0 Å². The Hall–Kier alpha value is -1.78. The number of hydrogen-bond donors (Lipinski definition) is 3. The lowest BCUT2D eigenvalue weighted by Crippen LogP contribution is -2.36. The Bertz CT molecular complexity index is 348. The molecule has 0 fully saturated rings. The highest BCUT2D eigenvalue weighted by Gasteiger charge is 2.04. The van der Waals surface area contributed by atoms with Gasteiger partial charge in [0.05, 0.1) is 0 Å². The highest BCUT2D eigenvalue weighted by molar-refractivity contribution is 5.80. The average molecular weight is 252 g/mol. The molecule has 100 valence electrons. The molecule has 18 heavy (non-hydrogen) atoms. The molecule has 1 rings (SSSR count). The van der Waals surface area contributed by atoms with E-state index in [9.17, 15) is 9.59 Å². The summed E-state index contributed by atoms with van der Waals surface area (Å²) >= 11 is 0. The summed E-state index contributed by atoms with van der Waals surface area (Å²) in [6.45, 7) is 0.848. The predicted molar refractivity (Wildman–Crippen MR) is 69.3 cm³/mol. The first-order valence-electron chi connectivity index (χ1n) is 6.27. The number of rotatable bonds is 6. The Morgan fingerprint density at radius 2 is 2.17 bits per heavy atom. The Morgan fingerprint density at radius 1 is 1.33 bits per heavy atom. The molecule has 0 saturated carbocycles. The molecule has 0 radical (unpaired) electrons. The van der Waals surface area contributed by atoms with E-state index >= 15 is 0 Å². The summed E-state index contributed by atoms with van der Waals surface area (Å²) in [5, 5.41) is 13.6. The van der Waals surface area contributed by atoms with Crippen molar-refractivity contribution in [2.75, 3.05) is 13.1 Å². The third kappa shape index (κ3) is 6.73. The smallest absolute Gasteiger partial charge is 0.328 e. The zero-order valence-electron chi connectivity index (χ0n) is 10.4. The molecule has 0 aromatic rings. The van der Waals surface area contributed by atoms with E-state index in [-0.39, 0.29) is 12.6 Å². The van der Waals surface area contributed by atoms with Crippen molar-refractivity contribution in [1.82, 2.24) is 10.6 Å². The minimum atomic E-state index is -1.01. The zero-order valence-corrected chi connectivity index (χ0v) is 10.4. The fraction of sp³-hybridized carbons (Fsp3) is 0.538. The van der Waals surface area contributed by atoms with Crippen molar-refractivity contribution in [3.8, 4) is 0 Å². The fourth-order valence-corrected chi connectivity index (χ4v) is 1.84. The van der Waals surface area contributed by atoms with E-state index in [4.69, 9.17) is 5.11 Å². The van der Waals surface area contributed by atoms with Gasteiger partial charge in [-0.1, -0.05) is 17.7 Å². The third-order valence-electron chi connectivity index (χ3n) is 2.76. The summed E-state index contributed by atoms with van der Waals surface area (Å²) in [6, 6.07) is -0.263. The number of nitrogens with one attached hydrogen (secondary N) is 2. The summed E-state index contributed by atoms with van der Waals surface area (Å²) in [7, 11) is 0. The second-order valence-electron chi connectivity index (χ2n) is 4.24. The molecule has 0 spiro atoms. The summed E-state index contributed by atoms with van der Waals surface area (Å²) < 4.78 is 0. The van der Waals surface area contributed by atoms with Gasteiger partial charge in [-0.25, -0.2) is 9.59 Å². The Morgan fingerprint density at radius 3 is 2.83 bits per heavy atom. The first kappa shape index (κ1) is 14.3. The molecule has 5 nitrogen and oxygen atoms in total. The molecule has 3 N–H and O–H groups in total. The van der Waals surface area contributed by atoms with E-state index in [1.54, 1.807) is 0 Å². The van der Waals surface area contributed by atoms with Crippen molar-refractivity contribution < 1.29 is 14.7 Å². The quantitative estimate of drug-likeness (QED) is 0.498. The van der Waals surface area contributed by atoms with Gasteiger partial charge in [0, 0.05) is 19.2 Å². The van der Waals surface area contributed by atoms with E-state index in [1.807, 2.05) is 0 Å². The summed E-state index contributed by atoms with van der Waals surface area (Å²) in [4.78, 5) is 21.5. The number of carbonyl (C=O) groups is 2. The molecule has 0 bridgehead atoms. The van der Waals surface area contributed by atoms with Gasteiger partial charge in [0.25, 0.3) is 0 Å². The topological polar surface area (TPSA) is 78.4 Å². The maximum atomic E-state index is 11.3. The molecule has 5 heteroatoms. The van der Waals surface area contributed by atoms with Gasteiger partial charge in [-0.3, -0.25) is 0 Å². The molecule has 0 heterocycles. The van der Waals surface area contributed by atoms with Gasteiger partial charge < -0.3 is 15.7 Å². The maximum absolute atomic E-state index is 11.3. The number of carboxylic acid groups (broad SMARTS) is 1. The van der Waals surface area contributed by atoms with Crippen LogP contribution in [0.25, 0.3) is 0 Å². The van der Waals surface area contributed by atoms with E-state index in [0.717, 1.165) is 25.3 Å². The largest absolute Gasteiger partial charge is 0.478 e. The van der Waals surface area contributed by atoms with Crippen molar-refractivity contribution in [3.05, 3.63) is 23.8 Å². The lowest BCUT2D eigenvalue weighted by Gasteiger charge is -2.12. The Balaban J connectivity index is 2.06. The number of carbonyl (C=O) groups excluding carboxylic acids is 1. The second-order valence-corrected chi connectivity index (χ2v) is 4.24. The van der Waals surface area contributed by atoms with Gasteiger partial charge >= 0.3 is 12.0 Å². The molecule has 0 unspecified atom stereocenters. The van der Waals surface area contributed by atoms with Crippen molar-refractivity contribution in [1.29, 1.82) is 0 Å². The fourth-order valence-electron chi connectivity index (χ4n) is 1.84. The monoisotopic (exact) mass is 252 g/mol. The Labute approximate surface area is 107 Å². The second kappa shape index (κ2) is 8.33. The van der Waals surface area contributed by atoms with Crippen LogP contribution < -0.4 is 10.6 Å². The predicted octanol–water partition coefficient (Wildman–Crippen LogP) is 1.82. The zero-order chi connectivity index (χ0) is 13.2. The van der Waals surface area contributed by atoms with Gasteiger partial charge in [-0.2, -0.15) is 0 Å². The normalized spacial score (nSPS) is 15.2. The minimum absolute atomic E-state index is 0.223. The number of carboxylic acids is 1. The lowest BCUT2D eigenvalue weighted by atomic mass is 9.97. The van der Waals surface area contributed by atoms with Crippen LogP contribution in [0.2, 0.25) is 0 Å². The van der Waals surface area contributed by atoms with Gasteiger partial charge in [-0.15, -0.1) is 0 Å². The molecular weight excluding hydrogens is 232 g/mol. The highest BCUT2D eigenvalue weighted by Crippen LogP contribution is 2.19. The minimum Gasteiger partial charge on any atom is -0.478 e. The van der Waals surface area contributed by atoms with Crippen LogP contribution in [0.5, 0.6) is 0 Å². The number of aliphatic carboxylic acids is 1. The molecule has 1 aliphatic carbocycles. The van der Waals surface area contributed by atoms with Crippen LogP contribution in [0.1, 0.15) is 32.1 Å². The van der Waals surface area contributed by atoms with Crippen LogP contribution in [0, 0.1) is 0 Å². The number of hydrogen-bond acceptors (Lipinski definition) is 2. The maximum Gasteiger partial charge on any atom is 0.328 e. The molecule has 0 aromatic carbocycles. The first-order valence-corrected chi connectivity index (χ1v) is 6.27. The molecule has 0 saturated heterocycles. The molecule has 0 atom stereocenters. The average Bonchev–Trinajstić information content (AvgIpc) is 2.36. The van der Waals surface area contributed by atoms with Crippen molar-refractivity contribution in [2.24, 2.45) is 0 Å². The summed E-state index contributed by atoms with van der Waals surface area (Å²) in [6.07, 6.45) is 10.4. The number of amides is 2. The Kier molecular flexibility index (Phi) is 6.61. The van der Waals surface area contributed by atoms with Gasteiger partial charge in [0.2, 0.25) is 0 Å². The standard InChI is InChI=1S/C13H20N2O3/c16-12(17)7-4-9-14-13(18)15-10-8-11-5-2-1-3-6-11/h4-5,7H,1-3,6,8-10H2,(H,16,17)(H2,14,15,18)/b7-4+. The van der Waals surface area contributed by atoms with Crippen LogP contribution in [0.4, 0.5) is 4.79 Å². The molecule has 0 aromatic heterocycles. The van der Waals surface area contributed by atoms with Crippen molar-refractivity contribution in [3.63, 3.8) is 0 Å². The van der Waals surface area contributed by atoms with Gasteiger partial charge in [0.15, 0.2) is 0 Å². The summed E-state index contributed by atoms with van der Waals surface area (Å²) in [5.74, 6) is -1.01. The first-order chi connectivity index (χ1) is 8.68. The van der Waals surface area contributed by atoms with E-state index in [2.05, 4.69) is 16.7 Å². The van der Waals surface area contributed by atoms with Crippen molar-refractivity contribution in [2.45, 2.75) is 32.1 Å². The highest BCUT2D eigenvalue weighted by atomic mass is 16.4. The third-order valence-corrected chi connectivity index (χ3v) is 2.76. The van der Waals surface area contributed by atoms with Gasteiger partial charge in [0.1, 0.15) is 0 Å². The lowest BCUT2D eigenvalue weighted by molar-refractivity contribution is -0.131. The van der Waals surface area contributed by atoms with Crippen LogP contribution in [0.15, 0.2) is 23.8 Å². The van der Waals surface area contributed by atoms with Crippen LogP contribution in [-0.2, 0) is 4.79 Å². The van der Waals surface area contributed by atoms with Gasteiger partial charge in [-0.05, 0) is 32.1 Å². The van der Waals surface area contributed by atoms with Crippen molar-refractivity contribution >= 4 is 12.0 Å². The SMILES string of the molecule is O=C(O)/C=C/CNC(=O)NCCC1=CCCCC1. The summed E-state index contributed by atoms with van der Waals surface area (Å²) in [5.41, 5.74) is 1.42. The van der Waals surface area contributed by atoms with Crippen LogP contribution >= 0.6 is 0 Å². The number of allylic oxidation sites excluding steroid dienone is 1. The number of urea groups is 1.